The fourth-order valence-corrected chi connectivity index (χ4v) is 2.23. The van der Waals surface area contributed by atoms with E-state index in [1.165, 1.54) is 0 Å². The van der Waals surface area contributed by atoms with Crippen molar-refractivity contribution in [1.29, 1.82) is 0 Å². The lowest BCUT2D eigenvalue weighted by Gasteiger charge is -2.24. The zero-order chi connectivity index (χ0) is 9.86. The third-order valence-electron chi connectivity index (χ3n) is 2.23. The second kappa shape index (κ2) is 4.40. The maximum absolute atomic E-state index is 10.2. The lowest BCUT2D eigenvalue weighted by molar-refractivity contribution is -0.0540. The molecule has 0 bridgehead atoms. The van der Waals surface area contributed by atoms with Gasteiger partial charge in [0.25, 0.3) is 0 Å². The summed E-state index contributed by atoms with van der Waals surface area (Å²) in [5, 5.41) is 14.2. The number of aliphatic hydroxyl groups is 1. The highest BCUT2D eigenvalue weighted by atomic mass is 32.1. The Bertz CT molecular complexity index is 263. The Morgan fingerprint density at radius 2 is 2.07 bits per heavy atom. The molecule has 78 valence electrons. The van der Waals surface area contributed by atoms with Gasteiger partial charge in [-0.2, -0.15) is 11.3 Å². The standard InChI is InChI=1S/C10H14O3S/c11-10(5-9-1-4-14-6-9)7-12-2-3-13-8-10/h1,4,6,11H,2-3,5,7-8H2. The van der Waals surface area contributed by atoms with Crippen LogP contribution in [-0.2, 0) is 15.9 Å². The van der Waals surface area contributed by atoms with Gasteiger partial charge in [-0.15, -0.1) is 0 Å². The minimum Gasteiger partial charge on any atom is -0.385 e. The third-order valence-corrected chi connectivity index (χ3v) is 2.96. The van der Waals surface area contributed by atoms with Crippen LogP contribution in [0, 0.1) is 0 Å². The number of hydrogen-bond acceptors (Lipinski definition) is 4. The monoisotopic (exact) mass is 214 g/mol. The molecular formula is C10H14O3S. The Kier molecular flexibility index (Phi) is 3.18. The molecule has 1 fully saturated rings. The second-order valence-corrected chi connectivity index (χ2v) is 4.42. The van der Waals surface area contributed by atoms with Gasteiger partial charge in [0, 0.05) is 6.42 Å². The molecule has 4 heteroatoms. The minimum absolute atomic E-state index is 0.364. The SMILES string of the molecule is OC1(Cc2ccsc2)COCCOC1. The van der Waals surface area contributed by atoms with Crippen LogP contribution < -0.4 is 0 Å². The molecule has 14 heavy (non-hydrogen) atoms. The van der Waals surface area contributed by atoms with E-state index in [0.717, 1.165) is 5.56 Å². The molecule has 1 aliphatic heterocycles. The molecule has 0 unspecified atom stereocenters. The molecule has 0 amide bonds. The van der Waals surface area contributed by atoms with Crippen molar-refractivity contribution in [2.45, 2.75) is 12.0 Å². The smallest absolute Gasteiger partial charge is 0.115 e. The number of ether oxygens (including phenoxy) is 2. The Labute approximate surface area is 87.3 Å². The van der Waals surface area contributed by atoms with E-state index in [9.17, 15) is 5.11 Å². The summed E-state index contributed by atoms with van der Waals surface area (Å²) in [4.78, 5) is 0. The minimum atomic E-state index is -0.850. The normalized spacial score (nSPS) is 21.8. The van der Waals surface area contributed by atoms with Crippen molar-refractivity contribution in [3.8, 4) is 0 Å². The maximum atomic E-state index is 10.2. The van der Waals surface area contributed by atoms with Crippen LogP contribution in [-0.4, -0.2) is 37.1 Å². The Hall–Kier alpha value is -0.420. The molecule has 0 saturated carbocycles. The van der Waals surface area contributed by atoms with E-state index in [-0.39, 0.29) is 0 Å². The number of thiophene rings is 1. The van der Waals surface area contributed by atoms with Crippen molar-refractivity contribution in [3.05, 3.63) is 22.4 Å². The molecule has 1 aromatic rings. The molecule has 1 saturated heterocycles. The second-order valence-electron chi connectivity index (χ2n) is 3.64. The van der Waals surface area contributed by atoms with Crippen LogP contribution in [0.4, 0.5) is 0 Å². The summed E-state index contributed by atoms with van der Waals surface area (Å²) < 4.78 is 10.6. The van der Waals surface area contributed by atoms with E-state index in [1.54, 1.807) is 11.3 Å². The largest absolute Gasteiger partial charge is 0.385 e. The molecule has 0 aromatic carbocycles. The molecular weight excluding hydrogens is 200 g/mol. The highest BCUT2D eigenvalue weighted by Gasteiger charge is 2.30. The van der Waals surface area contributed by atoms with Crippen LogP contribution in [0.15, 0.2) is 16.8 Å². The first-order valence-electron chi connectivity index (χ1n) is 4.67. The summed E-state index contributed by atoms with van der Waals surface area (Å²) >= 11 is 1.64. The summed E-state index contributed by atoms with van der Waals surface area (Å²) in [6.07, 6.45) is 0.608. The number of rotatable bonds is 2. The van der Waals surface area contributed by atoms with Gasteiger partial charge in [-0.25, -0.2) is 0 Å². The zero-order valence-corrected chi connectivity index (χ0v) is 8.76. The van der Waals surface area contributed by atoms with Crippen molar-refractivity contribution in [3.63, 3.8) is 0 Å². The summed E-state index contributed by atoms with van der Waals surface area (Å²) in [5.74, 6) is 0. The maximum Gasteiger partial charge on any atom is 0.115 e. The molecule has 3 nitrogen and oxygen atoms in total. The summed E-state index contributed by atoms with van der Waals surface area (Å²) in [6, 6.07) is 2.02. The molecule has 2 rings (SSSR count). The average molecular weight is 214 g/mol. The fourth-order valence-electron chi connectivity index (χ4n) is 1.56. The van der Waals surface area contributed by atoms with Gasteiger partial charge in [0.2, 0.25) is 0 Å². The van der Waals surface area contributed by atoms with E-state index in [0.29, 0.717) is 32.8 Å². The first kappa shape index (κ1) is 10.1. The quantitative estimate of drug-likeness (QED) is 0.800. The summed E-state index contributed by atoms with van der Waals surface area (Å²) in [7, 11) is 0. The highest BCUT2D eigenvalue weighted by Crippen LogP contribution is 2.18. The molecule has 1 aliphatic rings. The topological polar surface area (TPSA) is 38.7 Å². The predicted octanol–water partition coefficient (Wildman–Crippen LogP) is 1.07. The van der Waals surface area contributed by atoms with E-state index in [2.05, 4.69) is 0 Å². The highest BCUT2D eigenvalue weighted by molar-refractivity contribution is 7.07. The Morgan fingerprint density at radius 3 is 2.64 bits per heavy atom. The molecule has 1 aromatic heterocycles. The first-order chi connectivity index (χ1) is 6.79. The van der Waals surface area contributed by atoms with Gasteiger partial charge in [0.05, 0.1) is 26.4 Å². The third kappa shape index (κ3) is 2.54. The van der Waals surface area contributed by atoms with Gasteiger partial charge in [-0.3, -0.25) is 0 Å². The van der Waals surface area contributed by atoms with E-state index in [4.69, 9.17) is 9.47 Å². The number of hydrogen-bond donors (Lipinski definition) is 1. The first-order valence-corrected chi connectivity index (χ1v) is 5.62. The molecule has 0 atom stereocenters. The molecule has 2 heterocycles. The summed E-state index contributed by atoms with van der Waals surface area (Å²) in [6.45, 7) is 1.88. The lowest BCUT2D eigenvalue weighted by atomic mass is 9.98. The fraction of sp³-hybridized carbons (Fsp3) is 0.600. The van der Waals surface area contributed by atoms with Crippen LogP contribution in [0.3, 0.4) is 0 Å². The lowest BCUT2D eigenvalue weighted by Crippen LogP contribution is -2.40. The zero-order valence-electron chi connectivity index (χ0n) is 7.94. The van der Waals surface area contributed by atoms with Crippen molar-refractivity contribution < 1.29 is 14.6 Å². The van der Waals surface area contributed by atoms with Gasteiger partial charge in [-0.1, -0.05) is 0 Å². The molecule has 0 radical (unpaired) electrons. The van der Waals surface area contributed by atoms with Crippen LogP contribution >= 0.6 is 11.3 Å². The van der Waals surface area contributed by atoms with E-state index in [1.807, 2.05) is 16.8 Å². The van der Waals surface area contributed by atoms with Crippen LogP contribution in [0.1, 0.15) is 5.56 Å². The Balaban J connectivity index is 1.99. The van der Waals surface area contributed by atoms with E-state index >= 15 is 0 Å². The van der Waals surface area contributed by atoms with Gasteiger partial charge in [0.15, 0.2) is 0 Å². The Morgan fingerprint density at radius 1 is 1.36 bits per heavy atom. The predicted molar refractivity (Wildman–Crippen MR) is 54.6 cm³/mol. The summed E-state index contributed by atoms with van der Waals surface area (Å²) in [5.41, 5.74) is 0.295. The van der Waals surface area contributed by atoms with Crippen LogP contribution in [0.25, 0.3) is 0 Å². The molecule has 1 N–H and O–H groups in total. The van der Waals surface area contributed by atoms with Crippen molar-refractivity contribution >= 4 is 11.3 Å². The van der Waals surface area contributed by atoms with Gasteiger partial charge < -0.3 is 14.6 Å². The average Bonchev–Trinajstić information content (AvgIpc) is 2.55. The van der Waals surface area contributed by atoms with Gasteiger partial charge in [-0.05, 0) is 22.4 Å². The molecule has 0 aliphatic carbocycles. The van der Waals surface area contributed by atoms with Crippen LogP contribution in [0.2, 0.25) is 0 Å². The van der Waals surface area contributed by atoms with Crippen LogP contribution in [0.5, 0.6) is 0 Å². The van der Waals surface area contributed by atoms with Gasteiger partial charge >= 0.3 is 0 Å². The van der Waals surface area contributed by atoms with E-state index < -0.39 is 5.60 Å². The van der Waals surface area contributed by atoms with Gasteiger partial charge in [0.1, 0.15) is 5.60 Å². The molecule has 0 spiro atoms. The van der Waals surface area contributed by atoms with Crippen molar-refractivity contribution in [2.75, 3.05) is 26.4 Å². The van der Waals surface area contributed by atoms with Crippen molar-refractivity contribution in [2.24, 2.45) is 0 Å². The van der Waals surface area contributed by atoms with Crippen molar-refractivity contribution in [1.82, 2.24) is 0 Å².